The van der Waals surface area contributed by atoms with E-state index in [0.717, 1.165) is 11.0 Å². The fourth-order valence-corrected chi connectivity index (χ4v) is 3.28. The number of aliphatic hydroxyl groups is 1. The number of amides is 1. The number of halogens is 1. The van der Waals surface area contributed by atoms with E-state index in [1.165, 1.54) is 12.1 Å². The van der Waals surface area contributed by atoms with Gasteiger partial charge in [0.15, 0.2) is 0 Å². The number of fused-ring (bicyclic) bond motifs is 1. The Labute approximate surface area is 167 Å². The molecule has 146 valence electrons. The first-order chi connectivity index (χ1) is 14.1. The zero-order chi connectivity index (χ0) is 20.2. The number of para-hydroxylation sites is 2. The van der Waals surface area contributed by atoms with Crippen molar-refractivity contribution in [1.29, 1.82) is 0 Å². The Morgan fingerprint density at radius 3 is 2.45 bits per heavy atom. The van der Waals surface area contributed by atoms with Crippen LogP contribution >= 0.6 is 0 Å². The molecule has 0 spiro atoms. The van der Waals surface area contributed by atoms with Gasteiger partial charge in [0.2, 0.25) is 0 Å². The molecule has 1 amide bonds. The molecule has 0 aliphatic rings. The normalized spacial score (nSPS) is 12.1. The van der Waals surface area contributed by atoms with Crippen LogP contribution in [0.3, 0.4) is 0 Å². The highest BCUT2D eigenvalue weighted by molar-refractivity contribution is 5.94. The summed E-state index contributed by atoms with van der Waals surface area (Å²) in [6.07, 6.45) is -0.836. The fourth-order valence-electron chi connectivity index (χ4n) is 3.28. The summed E-state index contributed by atoms with van der Waals surface area (Å²) >= 11 is 0. The van der Waals surface area contributed by atoms with Crippen molar-refractivity contribution in [3.05, 3.63) is 102 Å². The van der Waals surface area contributed by atoms with Gasteiger partial charge in [-0.2, -0.15) is 0 Å². The van der Waals surface area contributed by atoms with E-state index >= 15 is 0 Å². The quantitative estimate of drug-likeness (QED) is 0.527. The van der Waals surface area contributed by atoms with Gasteiger partial charge < -0.3 is 15.0 Å². The molecule has 4 aromatic rings. The molecule has 1 atom stereocenters. The lowest BCUT2D eigenvalue weighted by Crippen LogP contribution is -2.25. The predicted octanol–water partition coefficient (Wildman–Crippen LogP) is 3.84. The third-order valence-corrected chi connectivity index (χ3v) is 4.79. The monoisotopic (exact) mass is 389 g/mol. The van der Waals surface area contributed by atoms with Crippen LogP contribution in [0.5, 0.6) is 0 Å². The third-order valence-electron chi connectivity index (χ3n) is 4.79. The minimum absolute atomic E-state index is 0.191. The SMILES string of the molecule is O=C(NCc1nc2ccccc2n1CC(O)c1ccc(F)cc1)c1ccccc1. The molecule has 0 bridgehead atoms. The molecule has 1 aromatic heterocycles. The van der Waals surface area contributed by atoms with Crippen molar-refractivity contribution < 1.29 is 14.3 Å². The smallest absolute Gasteiger partial charge is 0.251 e. The molecule has 0 aliphatic carbocycles. The molecule has 0 aliphatic heterocycles. The summed E-state index contributed by atoms with van der Waals surface area (Å²) in [5.41, 5.74) is 2.82. The van der Waals surface area contributed by atoms with E-state index in [9.17, 15) is 14.3 Å². The molecule has 6 heteroatoms. The second kappa shape index (κ2) is 8.24. The minimum atomic E-state index is -0.836. The highest BCUT2D eigenvalue weighted by atomic mass is 19.1. The maximum absolute atomic E-state index is 13.2. The van der Waals surface area contributed by atoms with E-state index in [-0.39, 0.29) is 24.8 Å². The van der Waals surface area contributed by atoms with E-state index in [2.05, 4.69) is 10.3 Å². The number of carbonyl (C=O) groups is 1. The largest absolute Gasteiger partial charge is 0.387 e. The topological polar surface area (TPSA) is 67.2 Å². The van der Waals surface area contributed by atoms with Crippen LogP contribution in [0.15, 0.2) is 78.9 Å². The Bertz CT molecular complexity index is 1120. The molecule has 1 heterocycles. The number of imidazole rings is 1. The van der Waals surface area contributed by atoms with Gasteiger partial charge >= 0.3 is 0 Å². The van der Waals surface area contributed by atoms with Crippen molar-refractivity contribution in [1.82, 2.24) is 14.9 Å². The number of hydrogen-bond acceptors (Lipinski definition) is 3. The summed E-state index contributed by atoms with van der Waals surface area (Å²) in [5, 5.41) is 13.5. The summed E-state index contributed by atoms with van der Waals surface area (Å²) < 4.78 is 15.1. The lowest BCUT2D eigenvalue weighted by Gasteiger charge is -2.15. The summed E-state index contributed by atoms with van der Waals surface area (Å²) in [4.78, 5) is 17.0. The second-order valence-corrected chi connectivity index (χ2v) is 6.74. The predicted molar refractivity (Wildman–Crippen MR) is 109 cm³/mol. The average Bonchev–Trinajstić information content (AvgIpc) is 3.10. The standard InChI is InChI=1S/C23H20FN3O2/c24-18-12-10-16(11-13-18)21(28)15-27-20-9-5-4-8-19(20)26-22(27)14-25-23(29)17-6-2-1-3-7-17/h1-13,21,28H,14-15H2,(H,25,29). The van der Waals surface area contributed by atoms with Gasteiger partial charge in [-0.05, 0) is 42.0 Å². The number of aliphatic hydroxyl groups excluding tert-OH is 1. The fraction of sp³-hybridized carbons (Fsp3) is 0.130. The molecule has 4 rings (SSSR count). The Morgan fingerprint density at radius 1 is 1.00 bits per heavy atom. The van der Waals surface area contributed by atoms with E-state index in [0.29, 0.717) is 17.0 Å². The number of aromatic nitrogens is 2. The molecule has 1 unspecified atom stereocenters. The molecule has 0 saturated heterocycles. The van der Waals surface area contributed by atoms with E-state index in [1.807, 2.05) is 47.0 Å². The van der Waals surface area contributed by atoms with Crippen molar-refractivity contribution in [2.24, 2.45) is 0 Å². The number of nitrogens with zero attached hydrogens (tertiary/aromatic N) is 2. The molecule has 0 fully saturated rings. The molecule has 3 aromatic carbocycles. The van der Waals surface area contributed by atoms with Crippen molar-refractivity contribution in [3.63, 3.8) is 0 Å². The first kappa shape index (κ1) is 18.8. The van der Waals surface area contributed by atoms with E-state index in [4.69, 9.17) is 0 Å². The average molecular weight is 389 g/mol. The van der Waals surface area contributed by atoms with Crippen LogP contribution in [0.25, 0.3) is 11.0 Å². The van der Waals surface area contributed by atoms with Gasteiger partial charge in [0.25, 0.3) is 5.91 Å². The number of benzene rings is 3. The minimum Gasteiger partial charge on any atom is -0.387 e. The van der Waals surface area contributed by atoms with Crippen LogP contribution in [0.4, 0.5) is 4.39 Å². The zero-order valence-electron chi connectivity index (χ0n) is 15.6. The van der Waals surface area contributed by atoms with Crippen LogP contribution < -0.4 is 5.32 Å². The number of hydrogen-bond donors (Lipinski definition) is 2. The van der Waals surface area contributed by atoms with Crippen LogP contribution in [0.2, 0.25) is 0 Å². The first-order valence-corrected chi connectivity index (χ1v) is 9.33. The van der Waals surface area contributed by atoms with Gasteiger partial charge in [-0.15, -0.1) is 0 Å². The van der Waals surface area contributed by atoms with Gasteiger partial charge in [0.1, 0.15) is 11.6 Å². The molecule has 0 radical (unpaired) electrons. The first-order valence-electron chi connectivity index (χ1n) is 9.33. The Balaban J connectivity index is 1.59. The van der Waals surface area contributed by atoms with Gasteiger partial charge in [0.05, 0.1) is 30.2 Å². The number of nitrogens with one attached hydrogen (secondary N) is 1. The van der Waals surface area contributed by atoms with E-state index in [1.54, 1.807) is 24.3 Å². The van der Waals surface area contributed by atoms with Gasteiger partial charge in [-0.1, -0.05) is 42.5 Å². The van der Waals surface area contributed by atoms with Crippen LogP contribution in [0, 0.1) is 5.82 Å². The molecule has 0 saturated carbocycles. The summed E-state index contributed by atoms with van der Waals surface area (Å²) in [6, 6.07) is 22.3. The van der Waals surface area contributed by atoms with Gasteiger partial charge in [-0.3, -0.25) is 4.79 Å². The highest BCUT2D eigenvalue weighted by Crippen LogP contribution is 2.22. The Kier molecular flexibility index (Phi) is 5.35. The molecule has 29 heavy (non-hydrogen) atoms. The van der Waals surface area contributed by atoms with Crippen molar-refractivity contribution in [3.8, 4) is 0 Å². The maximum atomic E-state index is 13.2. The van der Waals surface area contributed by atoms with Crippen LogP contribution in [0.1, 0.15) is 27.8 Å². The molecule has 2 N–H and O–H groups in total. The van der Waals surface area contributed by atoms with E-state index < -0.39 is 6.10 Å². The lowest BCUT2D eigenvalue weighted by atomic mass is 10.1. The maximum Gasteiger partial charge on any atom is 0.251 e. The van der Waals surface area contributed by atoms with Gasteiger partial charge in [0, 0.05) is 5.56 Å². The molecule has 5 nitrogen and oxygen atoms in total. The number of carbonyl (C=O) groups excluding carboxylic acids is 1. The van der Waals surface area contributed by atoms with Gasteiger partial charge in [-0.25, -0.2) is 9.37 Å². The van der Waals surface area contributed by atoms with Crippen molar-refractivity contribution in [2.75, 3.05) is 0 Å². The Hall–Kier alpha value is -3.51. The highest BCUT2D eigenvalue weighted by Gasteiger charge is 2.16. The lowest BCUT2D eigenvalue weighted by molar-refractivity contribution is 0.0949. The molecular weight excluding hydrogens is 369 g/mol. The molecular formula is C23H20FN3O2. The van der Waals surface area contributed by atoms with Crippen LogP contribution in [-0.4, -0.2) is 20.6 Å². The second-order valence-electron chi connectivity index (χ2n) is 6.74. The van der Waals surface area contributed by atoms with Crippen molar-refractivity contribution in [2.45, 2.75) is 19.2 Å². The number of rotatable bonds is 6. The zero-order valence-corrected chi connectivity index (χ0v) is 15.6. The van der Waals surface area contributed by atoms with Crippen LogP contribution in [-0.2, 0) is 13.1 Å². The third kappa shape index (κ3) is 4.17. The summed E-state index contributed by atoms with van der Waals surface area (Å²) in [5.74, 6) is 0.0956. The summed E-state index contributed by atoms with van der Waals surface area (Å²) in [6.45, 7) is 0.460. The van der Waals surface area contributed by atoms with Crippen molar-refractivity contribution >= 4 is 16.9 Å². The Morgan fingerprint density at radius 2 is 1.69 bits per heavy atom. The summed E-state index contributed by atoms with van der Waals surface area (Å²) in [7, 11) is 0.